The molecule has 0 bridgehead atoms. The van der Waals surface area contributed by atoms with Crippen LogP contribution in [0.1, 0.15) is 38.3 Å². The van der Waals surface area contributed by atoms with Crippen molar-refractivity contribution in [3.63, 3.8) is 0 Å². The molecule has 0 fully saturated rings. The maximum absolute atomic E-state index is 11.9. The molecule has 0 amide bonds. The molecule has 8 heteroatoms. The molecule has 1 atom stereocenters. The smallest absolute Gasteiger partial charge is 0.248 e. The van der Waals surface area contributed by atoms with Crippen molar-refractivity contribution in [2.45, 2.75) is 37.4 Å². The summed E-state index contributed by atoms with van der Waals surface area (Å²) in [6, 6.07) is 17.5. The van der Waals surface area contributed by atoms with E-state index in [4.69, 9.17) is 9.47 Å². The number of benzene rings is 2. The average Bonchev–Trinajstić information content (AvgIpc) is 3.52. The fraction of sp³-hybridized carbons (Fsp3) is 0.250. The van der Waals surface area contributed by atoms with Gasteiger partial charge < -0.3 is 14.3 Å². The van der Waals surface area contributed by atoms with E-state index in [-0.39, 0.29) is 5.41 Å². The number of hydrogen-bond donors (Lipinski definition) is 1. The van der Waals surface area contributed by atoms with Crippen LogP contribution in [0.25, 0.3) is 11.0 Å². The van der Waals surface area contributed by atoms with Crippen molar-refractivity contribution >= 4 is 34.8 Å². The van der Waals surface area contributed by atoms with Crippen molar-refractivity contribution in [2.75, 3.05) is 12.5 Å². The first-order valence-electron chi connectivity index (χ1n) is 11.7. The fourth-order valence-electron chi connectivity index (χ4n) is 4.24. The number of anilines is 1. The second-order valence-electron chi connectivity index (χ2n) is 9.69. The summed E-state index contributed by atoms with van der Waals surface area (Å²) >= 11 is 1.53. The van der Waals surface area contributed by atoms with Crippen LogP contribution in [0.4, 0.5) is 5.69 Å². The summed E-state index contributed by atoms with van der Waals surface area (Å²) in [5, 5.41) is 1.98. The zero-order valence-electron chi connectivity index (χ0n) is 20.7. The zero-order chi connectivity index (χ0) is 25.3. The molecule has 1 unspecified atom stereocenters. The summed E-state index contributed by atoms with van der Waals surface area (Å²) in [5.41, 5.74) is 7.59. The van der Waals surface area contributed by atoms with Gasteiger partial charge in [-0.25, -0.2) is 9.66 Å². The lowest BCUT2D eigenvalue weighted by molar-refractivity contribution is -0.109. The number of carbonyl (C=O) groups excluding carboxylic acids is 1. The summed E-state index contributed by atoms with van der Waals surface area (Å²) < 4.78 is 12.9. The van der Waals surface area contributed by atoms with Gasteiger partial charge in [0.15, 0.2) is 0 Å². The quantitative estimate of drug-likeness (QED) is 0.292. The van der Waals surface area contributed by atoms with E-state index in [2.05, 4.69) is 42.2 Å². The number of hydrogen-bond acceptors (Lipinski definition) is 7. The van der Waals surface area contributed by atoms with Crippen molar-refractivity contribution in [1.82, 2.24) is 14.6 Å². The van der Waals surface area contributed by atoms with Crippen LogP contribution in [0.15, 0.2) is 72.4 Å². The second kappa shape index (κ2) is 9.35. The monoisotopic (exact) mass is 500 g/mol. The molecule has 5 rings (SSSR count). The Morgan fingerprint density at radius 3 is 2.69 bits per heavy atom. The van der Waals surface area contributed by atoms with Gasteiger partial charge >= 0.3 is 0 Å². The lowest BCUT2D eigenvalue weighted by Gasteiger charge is -2.23. The molecule has 0 saturated heterocycles. The van der Waals surface area contributed by atoms with Crippen LogP contribution in [0, 0.1) is 0 Å². The van der Waals surface area contributed by atoms with Crippen LogP contribution < -0.4 is 14.9 Å². The van der Waals surface area contributed by atoms with Crippen LogP contribution in [-0.2, 0) is 15.0 Å². The van der Waals surface area contributed by atoms with Gasteiger partial charge in [0, 0.05) is 11.6 Å². The molecule has 2 aromatic carbocycles. The summed E-state index contributed by atoms with van der Waals surface area (Å²) in [6.07, 6.45) is 5.44. The summed E-state index contributed by atoms with van der Waals surface area (Å²) in [7, 11) is 1.58. The van der Waals surface area contributed by atoms with Gasteiger partial charge in [-0.05, 0) is 47.1 Å². The van der Waals surface area contributed by atoms with Crippen molar-refractivity contribution in [3.8, 4) is 17.5 Å². The number of para-hydroxylation sites is 1. The van der Waals surface area contributed by atoms with Gasteiger partial charge in [0.25, 0.3) is 0 Å². The number of aromatic nitrogens is 3. The number of ether oxygens (including phenoxy) is 2. The Bertz CT molecular complexity index is 1450. The summed E-state index contributed by atoms with van der Waals surface area (Å²) in [4.78, 5) is 21.1. The minimum Gasteiger partial charge on any atom is -0.481 e. The molecule has 3 heterocycles. The first-order valence-corrected chi connectivity index (χ1v) is 12.6. The maximum Gasteiger partial charge on any atom is 0.248 e. The van der Waals surface area contributed by atoms with Crippen LogP contribution >= 0.6 is 11.8 Å². The van der Waals surface area contributed by atoms with E-state index < -0.39 is 4.75 Å². The summed E-state index contributed by atoms with van der Waals surface area (Å²) in [5.74, 6) is 1.57. The number of methoxy groups -OCH3 is 1. The molecule has 7 nitrogen and oxygen atoms in total. The number of imidazole rings is 1. The Morgan fingerprint density at radius 2 is 1.97 bits per heavy atom. The van der Waals surface area contributed by atoms with Crippen LogP contribution in [0.3, 0.4) is 0 Å². The van der Waals surface area contributed by atoms with Crippen LogP contribution in [0.5, 0.6) is 17.5 Å². The molecule has 0 spiro atoms. The number of thioether (sulfide) groups is 1. The van der Waals surface area contributed by atoms with Crippen molar-refractivity contribution < 1.29 is 14.3 Å². The predicted molar refractivity (Wildman–Crippen MR) is 144 cm³/mol. The topological polar surface area (TPSA) is 78.3 Å². The highest BCUT2D eigenvalue weighted by molar-refractivity contribution is 8.03. The Kier molecular flexibility index (Phi) is 6.22. The Balaban J connectivity index is 1.49. The molecule has 4 aromatic rings. The van der Waals surface area contributed by atoms with E-state index in [1.165, 1.54) is 11.8 Å². The first kappa shape index (κ1) is 23.9. The minimum atomic E-state index is -0.577. The van der Waals surface area contributed by atoms with Gasteiger partial charge in [-0.3, -0.25) is 5.43 Å². The molecule has 1 N–H and O–H groups in total. The van der Waals surface area contributed by atoms with E-state index in [0.717, 1.165) is 34.2 Å². The number of pyridine rings is 1. The second-order valence-corrected chi connectivity index (χ2v) is 10.9. The highest BCUT2D eigenvalue weighted by Gasteiger charge is 2.34. The third kappa shape index (κ3) is 4.44. The standard InChI is InChI=1S/C28H28N4O3S/c1-27(2,3)20-8-5-6-9-24(20)35-26-21(11-13-25(30-26)34-4)31-32-18-29-22-16-19(10-12-23(22)32)28(17-33)14-7-15-36-28/h5-13,15-18,31H,14H2,1-4H3. The van der Waals surface area contributed by atoms with E-state index in [0.29, 0.717) is 23.9 Å². The molecule has 1 aliphatic rings. The molecule has 0 aliphatic carbocycles. The van der Waals surface area contributed by atoms with Crippen molar-refractivity contribution in [3.05, 3.63) is 83.5 Å². The van der Waals surface area contributed by atoms with E-state index in [1.54, 1.807) is 19.5 Å². The van der Waals surface area contributed by atoms with Gasteiger partial charge in [0.05, 0.1) is 18.1 Å². The predicted octanol–water partition coefficient (Wildman–Crippen LogP) is 6.45. The Hall–Kier alpha value is -3.78. The molecule has 0 saturated carbocycles. The van der Waals surface area contributed by atoms with Gasteiger partial charge in [-0.15, -0.1) is 11.8 Å². The number of allylic oxidation sites excluding steroid dienone is 1. The van der Waals surface area contributed by atoms with Gasteiger partial charge in [-0.1, -0.05) is 51.1 Å². The lowest BCUT2D eigenvalue weighted by atomic mass is 9.86. The van der Waals surface area contributed by atoms with Gasteiger partial charge in [-0.2, -0.15) is 4.98 Å². The molecular weight excluding hydrogens is 472 g/mol. The number of aldehydes is 1. The van der Waals surface area contributed by atoms with Crippen LogP contribution in [-0.4, -0.2) is 28.0 Å². The summed E-state index contributed by atoms with van der Waals surface area (Å²) in [6.45, 7) is 6.44. The number of rotatable bonds is 7. The van der Waals surface area contributed by atoms with E-state index >= 15 is 0 Å². The van der Waals surface area contributed by atoms with E-state index in [1.807, 2.05) is 58.6 Å². The zero-order valence-corrected chi connectivity index (χ0v) is 21.5. The van der Waals surface area contributed by atoms with E-state index in [9.17, 15) is 4.79 Å². The molecular formula is C28H28N4O3S. The SMILES string of the molecule is COc1ccc(Nn2cnc3cc(C4(C=O)CC=CS4)ccc32)c(Oc2ccccc2C(C)(C)C)n1. The molecule has 184 valence electrons. The third-order valence-corrected chi connectivity index (χ3v) is 7.46. The minimum absolute atomic E-state index is 0.104. The lowest BCUT2D eigenvalue weighted by Crippen LogP contribution is -2.20. The van der Waals surface area contributed by atoms with Gasteiger partial charge in [0.2, 0.25) is 11.8 Å². The number of nitrogens with one attached hydrogen (secondary N) is 1. The Morgan fingerprint density at radius 1 is 1.14 bits per heavy atom. The molecule has 36 heavy (non-hydrogen) atoms. The Labute approximate surface area is 214 Å². The number of fused-ring (bicyclic) bond motifs is 1. The molecule has 2 aromatic heterocycles. The normalized spacial score (nSPS) is 17.3. The third-order valence-electron chi connectivity index (χ3n) is 6.21. The maximum atomic E-state index is 11.9. The van der Waals surface area contributed by atoms with Gasteiger partial charge in [0.1, 0.15) is 28.8 Å². The highest BCUT2D eigenvalue weighted by atomic mass is 32.2. The largest absolute Gasteiger partial charge is 0.481 e. The van der Waals surface area contributed by atoms with Crippen LogP contribution in [0.2, 0.25) is 0 Å². The molecule has 1 aliphatic heterocycles. The number of nitrogens with zero attached hydrogens (tertiary/aromatic N) is 3. The highest BCUT2D eigenvalue weighted by Crippen LogP contribution is 2.44. The van der Waals surface area contributed by atoms with Crippen molar-refractivity contribution in [2.24, 2.45) is 0 Å². The molecule has 0 radical (unpaired) electrons. The average molecular weight is 501 g/mol. The fourth-order valence-corrected chi connectivity index (χ4v) is 5.19. The number of carbonyl (C=O) groups is 1. The van der Waals surface area contributed by atoms with Crippen molar-refractivity contribution in [1.29, 1.82) is 0 Å². The first-order chi connectivity index (χ1) is 17.3.